The summed E-state index contributed by atoms with van der Waals surface area (Å²) in [4.78, 5) is 22.5. The molecule has 1 aliphatic rings. The van der Waals surface area contributed by atoms with Gasteiger partial charge in [-0.2, -0.15) is 13.2 Å². The number of alkyl halides is 3. The number of hydrogen-bond acceptors (Lipinski definition) is 7. The predicted molar refractivity (Wildman–Crippen MR) is 82.3 cm³/mol. The van der Waals surface area contributed by atoms with E-state index in [-0.39, 0.29) is 11.9 Å². The zero-order valence-electron chi connectivity index (χ0n) is 13.8. The second-order valence-electron chi connectivity index (χ2n) is 5.77. The lowest BCUT2D eigenvalue weighted by Crippen LogP contribution is -2.28. The first-order chi connectivity index (χ1) is 12.8. The van der Waals surface area contributed by atoms with Crippen molar-refractivity contribution in [3.8, 4) is 17.4 Å². The van der Waals surface area contributed by atoms with Crippen molar-refractivity contribution >= 4 is 11.9 Å². The molecule has 0 radical (unpaired) electrons. The molecule has 1 N–H and O–H groups in total. The first kappa shape index (κ1) is 18.7. The maximum absolute atomic E-state index is 12.2. The van der Waals surface area contributed by atoms with Gasteiger partial charge in [-0.05, 0) is 37.8 Å². The number of rotatable bonds is 5. The molecule has 1 saturated carbocycles. The van der Waals surface area contributed by atoms with E-state index in [1.54, 1.807) is 18.2 Å². The minimum atomic E-state index is -5.31. The van der Waals surface area contributed by atoms with Gasteiger partial charge in [0.1, 0.15) is 11.5 Å². The number of esters is 2. The number of carbonyl (C=O) groups excluding carboxylic acids is 2. The molecular weight excluding hydrogens is 371 g/mol. The Kier molecular flexibility index (Phi) is 5.28. The average Bonchev–Trinajstić information content (AvgIpc) is 3.26. The van der Waals surface area contributed by atoms with E-state index < -0.39 is 29.7 Å². The van der Waals surface area contributed by atoms with Crippen molar-refractivity contribution in [1.82, 2.24) is 15.4 Å². The van der Waals surface area contributed by atoms with Crippen molar-refractivity contribution in [2.24, 2.45) is 0 Å². The van der Waals surface area contributed by atoms with Gasteiger partial charge in [-0.1, -0.05) is 16.4 Å². The zero-order chi connectivity index (χ0) is 19.4. The minimum Gasteiger partial charge on any atom is -0.490 e. The van der Waals surface area contributed by atoms with E-state index in [0.717, 1.165) is 25.7 Å². The van der Waals surface area contributed by atoms with Crippen LogP contribution in [0.25, 0.3) is 0 Å². The number of carbonyl (C=O) groups is 2. The summed E-state index contributed by atoms with van der Waals surface area (Å²) in [5.74, 6) is -3.95. The van der Waals surface area contributed by atoms with Crippen molar-refractivity contribution in [3.63, 3.8) is 0 Å². The van der Waals surface area contributed by atoms with E-state index in [9.17, 15) is 22.8 Å². The van der Waals surface area contributed by atoms with Gasteiger partial charge in [0.2, 0.25) is 5.69 Å². The summed E-state index contributed by atoms with van der Waals surface area (Å²) in [6.45, 7) is 0. The van der Waals surface area contributed by atoms with E-state index in [2.05, 4.69) is 15.0 Å². The van der Waals surface area contributed by atoms with E-state index in [1.165, 1.54) is 6.07 Å². The van der Waals surface area contributed by atoms with Crippen LogP contribution >= 0.6 is 0 Å². The number of ether oxygens (including phenoxy) is 3. The maximum Gasteiger partial charge on any atom is 0.491 e. The van der Waals surface area contributed by atoms with Gasteiger partial charge in [0.25, 0.3) is 5.88 Å². The fourth-order valence-electron chi connectivity index (χ4n) is 2.54. The molecule has 1 aromatic heterocycles. The van der Waals surface area contributed by atoms with Crippen molar-refractivity contribution in [1.29, 1.82) is 0 Å². The Morgan fingerprint density at radius 2 is 1.85 bits per heavy atom. The van der Waals surface area contributed by atoms with Crippen LogP contribution in [0.5, 0.6) is 17.4 Å². The lowest BCUT2D eigenvalue weighted by Gasteiger charge is -2.13. The Balaban J connectivity index is 1.69. The van der Waals surface area contributed by atoms with Gasteiger partial charge in [0.05, 0.1) is 6.10 Å². The van der Waals surface area contributed by atoms with Crippen LogP contribution in [0.15, 0.2) is 24.3 Å². The van der Waals surface area contributed by atoms with Crippen molar-refractivity contribution < 1.29 is 37.0 Å². The fraction of sp³-hybridized carbons (Fsp3) is 0.375. The smallest absolute Gasteiger partial charge is 0.490 e. The molecule has 8 nitrogen and oxygen atoms in total. The Hall–Kier alpha value is -3.11. The maximum atomic E-state index is 12.2. The monoisotopic (exact) mass is 385 g/mol. The van der Waals surface area contributed by atoms with Crippen molar-refractivity contribution in [2.75, 3.05) is 0 Å². The fourth-order valence-corrected chi connectivity index (χ4v) is 2.54. The van der Waals surface area contributed by atoms with Gasteiger partial charge < -0.3 is 14.2 Å². The molecule has 3 rings (SSSR count). The van der Waals surface area contributed by atoms with E-state index in [1.807, 2.05) is 5.10 Å². The quantitative estimate of drug-likeness (QED) is 0.623. The average molecular weight is 385 g/mol. The van der Waals surface area contributed by atoms with Crippen LogP contribution in [0.1, 0.15) is 36.2 Å². The molecule has 144 valence electrons. The number of nitrogens with zero attached hydrogens (tertiary/aromatic N) is 2. The summed E-state index contributed by atoms with van der Waals surface area (Å²) in [5, 5.41) is 8.81. The zero-order valence-corrected chi connectivity index (χ0v) is 13.8. The molecule has 0 aliphatic heterocycles. The largest absolute Gasteiger partial charge is 0.491 e. The van der Waals surface area contributed by atoms with Crippen molar-refractivity contribution in [2.45, 2.75) is 38.0 Å². The number of halogens is 3. The predicted octanol–water partition coefficient (Wildman–Crippen LogP) is 3.16. The molecule has 0 unspecified atom stereocenters. The topological polar surface area (TPSA) is 103 Å². The van der Waals surface area contributed by atoms with Gasteiger partial charge in [0.15, 0.2) is 0 Å². The summed E-state index contributed by atoms with van der Waals surface area (Å²) in [6.07, 6.45) is -1.08. The highest BCUT2D eigenvalue weighted by molar-refractivity contribution is 5.98. The number of benzene rings is 1. The second-order valence-corrected chi connectivity index (χ2v) is 5.77. The van der Waals surface area contributed by atoms with Gasteiger partial charge in [-0.15, -0.1) is 0 Å². The highest BCUT2D eigenvalue weighted by Gasteiger charge is 2.43. The summed E-state index contributed by atoms with van der Waals surface area (Å²) in [6, 6.07) is 6.45. The van der Waals surface area contributed by atoms with Gasteiger partial charge >= 0.3 is 18.1 Å². The Morgan fingerprint density at radius 1 is 1.15 bits per heavy atom. The first-order valence-corrected chi connectivity index (χ1v) is 8.02. The first-order valence-electron chi connectivity index (χ1n) is 8.02. The second kappa shape index (κ2) is 7.64. The molecule has 0 bridgehead atoms. The molecule has 1 fully saturated rings. The van der Waals surface area contributed by atoms with Crippen LogP contribution in [0.4, 0.5) is 13.2 Å². The van der Waals surface area contributed by atoms with E-state index in [0.29, 0.717) is 5.75 Å². The third-order valence-corrected chi connectivity index (χ3v) is 3.76. The van der Waals surface area contributed by atoms with Crippen LogP contribution < -0.4 is 9.47 Å². The number of hydrogen-bond donors (Lipinski definition) is 1. The molecule has 0 saturated heterocycles. The number of nitrogens with one attached hydrogen (secondary N) is 1. The SMILES string of the molecule is O=C(OC(=O)C(F)(F)F)c1[nH]nnc1Oc1cccc(OC2CCCC2)c1. The van der Waals surface area contributed by atoms with Crippen molar-refractivity contribution in [3.05, 3.63) is 30.0 Å². The number of H-pyrrole nitrogens is 1. The molecule has 0 atom stereocenters. The van der Waals surface area contributed by atoms with E-state index >= 15 is 0 Å². The Morgan fingerprint density at radius 3 is 2.56 bits per heavy atom. The Bertz CT molecular complexity index is 831. The van der Waals surface area contributed by atoms with Gasteiger partial charge in [0, 0.05) is 6.07 Å². The highest BCUT2D eigenvalue weighted by Crippen LogP contribution is 2.29. The third-order valence-electron chi connectivity index (χ3n) is 3.76. The van der Waals surface area contributed by atoms with Gasteiger partial charge in [-0.3, -0.25) is 0 Å². The lowest BCUT2D eigenvalue weighted by atomic mass is 10.3. The Labute approximate surface area is 150 Å². The van der Waals surface area contributed by atoms with Crippen LogP contribution in [0, 0.1) is 0 Å². The highest BCUT2D eigenvalue weighted by atomic mass is 19.4. The molecule has 0 spiro atoms. The molecular formula is C16H14F3N3O5. The molecule has 1 aromatic carbocycles. The standard InChI is InChI=1S/C16H14F3N3O5/c17-16(18,19)15(24)27-14(23)12-13(21-22-20-12)26-11-7-3-6-10(8-11)25-9-4-1-2-5-9/h3,6-9H,1-2,4-5H2,(H,20,21,22). The van der Waals surface area contributed by atoms with Crippen LogP contribution in [0.2, 0.25) is 0 Å². The molecule has 11 heteroatoms. The summed E-state index contributed by atoms with van der Waals surface area (Å²) in [7, 11) is 0. The molecule has 0 amide bonds. The van der Waals surface area contributed by atoms with Gasteiger partial charge in [-0.25, -0.2) is 14.7 Å². The minimum absolute atomic E-state index is 0.117. The molecule has 1 aliphatic carbocycles. The third kappa shape index (κ3) is 4.74. The summed E-state index contributed by atoms with van der Waals surface area (Å²) in [5.41, 5.74) is -0.630. The summed E-state index contributed by atoms with van der Waals surface area (Å²) >= 11 is 0. The molecule has 1 heterocycles. The van der Waals surface area contributed by atoms with Crippen LogP contribution in [-0.2, 0) is 9.53 Å². The van der Waals surface area contributed by atoms with Crippen LogP contribution in [0.3, 0.4) is 0 Å². The molecule has 27 heavy (non-hydrogen) atoms. The molecule has 2 aromatic rings. The van der Waals surface area contributed by atoms with E-state index in [4.69, 9.17) is 9.47 Å². The van der Waals surface area contributed by atoms with Crippen LogP contribution in [-0.4, -0.2) is 39.6 Å². The number of aromatic nitrogens is 3. The normalized spacial score (nSPS) is 14.8. The lowest BCUT2D eigenvalue weighted by molar-refractivity contribution is -0.193. The number of aromatic amines is 1. The summed E-state index contributed by atoms with van der Waals surface area (Å²) < 4.78 is 51.5.